The number of amides is 1. The minimum absolute atomic E-state index is 0.0770. The highest BCUT2D eigenvalue weighted by Crippen LogP contribution is 2.14. The summed E-state index contributed by atoms with van der Waals surface area (Å²) in [5.74, 6) is 0.0770. The predicted octanol–water partition coefficient (Wildman–Crippen LogP) is 1.58. The third kappa shape index (κ3) is 6.69. The number of nitrogen functional groups attached to an aromatic ring is 1. The number of hydrogen-bond acceptors (Lipinski definition) is 5. The zero-order chi connectivity index (χ0) is 17.5. The molecule has 128 valence electrons. The molecular weight excluding hydrogens is 294 g/mol. The number of nitrogens with one attached hydrogen (secondary N) is 1. The quantitative estimate of drug-likeness (QED) is 0.638. The van der Waals surface area contributed by atoms with Gasteiger partial charge in [0.05, 0.1) is 0 Å². The Kier molecular flexibility index (Phi) is 7.03. The van der Waals surface area contributed by atoms with E-state index in [2.05, 4.69) is 10.1 Å². The fourth-order valence-electron chi connectivity index (χ4n) is 1.97. The van der Waals surface area contributed by atoms with Crippen molar-refractivity contribution in [2.24, 2.45) is 0 Å². The van der Waals surface area contributed by atoms with Crippen molar-refractivity contribution in [3.63, 3.8) is 0 Å². The average Bonchev–Trinajstić information content (AvgIpc) is 2.50. The van der Waals surface area contributed by atoms with Gasteiger partial charge < -0.3 is 20.7 Å². The largest absolute Gasteiger partial charge is 0.462 e. The number of rotatable bonds is 2. The molecule has 0 aliphatic carbocycles. The van der Waals surface area contributed by atoms with Gasteiger partial charge in [0.25, 0.3) is 12.4 Å². The molecule has 1 aromatic rings. The second-order valence-corrected chi connectivity index (χ2v) is 6.44. The van der Waals surface area contributed by atoms with E-state index in [0.717, 1.165) is 31.7 Å². The summed E-state index contributed by atoms with van der Waals surface area (Å²) in [5.41, 5.74) is 7.86. The summed E-state index contributed by atoms with van der Waals surface area (Å²) in [6, 6.07) is 5.50. The third-order valence-corrected chi connectivity index (χ3v) is 3.33. The molecule has 1 saturated heterocycles. The lowest BCUT2D eigenvalue weighted by Gasteiger charge is -2.27. The molecule has 6 nitrogen and oxygen atoms in total. The summed E-state index contributed by atoms with van der Waals surface area (Å²) in [4.78, 5) is 23.6. The molecule has 0 atom stereocenters. The summed E-state index contributed by atoms with van der Waals surface area (Å²) in [5, 5.41) is 3.22. The van der Waals surface area contributed by atoms with Gasteiger partial charge in [0.1, 0.15) is 5.60 Å². The first-order valence-electron chi connectivity index (χ1n) is 7.72. The second-order valence-electron chi connectivity index (χ2n) is 6.44. The van der Waals surface area contributed by atoms with Crippen molar-refractivity contribution in [2.45, 2.75) is 33.3 Å². The van der Waals surface area contributed by atoms with Gasteiger partial charge >= 0.3 is 0 Å². The highest BCUT2D eigenvalue weighted by Gasteiger charge is 2.17. The topological polar surface area (TPSA) is 84.7 Å². The van der Waals surface area contributed by atoms with Crippen molar-refractivity contribution in [3.05, 3.63) is 29.3 Å². The van der Waals surface area contributed by atoms with Crippen LogP contribution < -0.4 is 11.1 Å². The normalized spacial score (nSPS) is 14.5. The fourth-order valence-corrected chi connectivity index (χ4v) is 1.97. The van der Waals surface area contributed by atoms with Crippen LogP contribution in [0.15, 0.2) is 18.2 Å². The lowest BCUT2D eigenvalue weighted by Crippen LogP contribution is -2.46. The first kappa shape index (κ1) is 19.0. The summed E-state index contributed by atoms with van der Waals surface area (Å²) in [6.45, 7) is 11.1. The van der Waals surface area contributed by atoms with Crippen molar-refractivity contribution < 1.29 is 14.3 Å². The maximum absolute atomic E-state index is 12.1. The van der Waals surface area contributed by atoms with Gasteiger partial charge in [0, 0.05) is 37.4 Å². The Hall–Kier alpha value is -2.08. The molecule has 0 spiro atoms. The van der Waals surface area contributed by atoms with Gasteiger partial charge in [-0.05, 0) is 45.4 Å². The van der Waals surface area contributed by atoms with Crippen molar-refractivity contribution in [3.8, 4) is 0 Å². The van der Waals surface area contributed by atoms with E-state index in [9.17, 15) is 9.59 Å². The summed E-state index contributed by atoms with van der Waals surface area (Å²) >= 11 is 0. The number of benzene rings is 1. The molecule has 1 fully saturated rings. The van der Waals surface area contributed by atoms with Crippen LogP contribution in [0.25, 0.3) is 0 Å². The number of ether oxygens (including phenoxy) is 1. The Morgan fingerprint density at radius 2 is 1.91 bits per heavy atom. The van der Waals surface area contributed by atoms with Crippen LogP contribution in [0.1, 0.15) is 36.7 Å². The van der Waals surface area contributed by atoms with Gasteiger partial charge in [0.15, 0.2) is 0 Å². The summed E-state index contributed by atoms with van der Waals surface area (Å²) in [6.07, 6.45) is 0. The highest BCUT2D eigenvalue weighted by molar-refractivity contribution is 5.95. The molecule has 2 rings (SSSR count). The van der Waals surface area contributed by atoms with Gasteiger partial charge in [-0.15, -0.1) is 0 Å². The van der Waals surface area contributed by atoms with Crippen LogP contribution in [-0.2, 0) is 9.53 Å². The number of carbonyl (C=O) groups excluding carboxylic acids is 2. The van der Waals surface area contributed by atoms with Crippen molar-refractivity contribution >= 4 is 18.1 Å². The van der Waals surface area contributed by atoms with Gasteiger partial charge in [-0.1, -0.05) is 6.07 Å². The van der Waals surface area contributed by atoms with E-state index in [4.69, 9.17) is 5.73 Å². The number of nitrogens with two attached hydrogens (primary N) is 1. The first-order chi connectivity index (χ1) is 10.7. The summed E-state index contributed by atoms with van der Waals surface area (Å²) in [7, 11) is 0. The van der Waals surface area contributed by atoms with Crippen LogP contribution in [0.4, 0.5) is 5.69 Å². The van der Waals surface area contributed by atoms with E-state index in [1.54, 1.807) is 6.07 Å². The molecular formula is C17H27N3O3. The second kappa shape index (κ2) is 8.53. The summed E-state index contributed by atoms with van der Waals surface area (Å²) < 4.78 is 4.55. The van der Waals surface area contributed by atoms with Crippen LogP contribution >= 0.6 is 0 Å². The smallest absolute Gasteiger partial charge is 0.293 e. The van der Waals surface area contributed by atoms with Crippen molar-refractivity contribution in [1.82, 2.24) is 10.2 Å². The minimum Gasteiger partial charge on any atom is -0.462 e. The number of anilines is 1. The Morgan fingerprint density at radius 1 is 1.30 bits per heavy atom. The molecule has 6 heteroatoms. The number of carbonyl (C=O) groups is 2. The van der Waals surface area contributed by atoms with Crippen LogP contribution in [0.2, 0.25) is 0 Å². The van der Waals surface area contributed by atoms with E-state index in [0.29, 0.717) is 17.7 Å². The Balaban J connectivity index is 0.000000322. The van der Waals surface area contributed by atoms with E-state index in [-0.39, 0.29) is 11.5 Å². The Bertz CT molecular complexity index is 532. The molecule has 0 unspecified atom stereocenters. The van der Waals surface area contributed by atoms with Crippen LogP contribution in [-0.4, -0.2) is 49.1 Å². The predicted molar refractivity (Wildman–Crippen MR) is 91.3 cm³/mol. The fraction of sp³-hybridized carbons (Fsp3) is 0.529. The maximum atomic E-state index is 12.1. The number of nitrogens with zero attached hydrogens (tertiary/aromatic N) is 1. The van der Waals surface area contributed by atoms with Crippen molar-refractivity contribution in [2.75, 3.05) is 31.9 Å². The lowest BCUT2D eigenvalue weighted by molar-refractivity contribution is -0.138. The molecule has 1 aromatic carbocycles. The van der Waals surface area contributed by atoms with Crippen LogP contribution in [0.5, 0.6) is 0 Å². The highest BCUT2D eigenvalue weighted by atomic mass is 16.5. The van der Waals surface area contributed by atoms with Gasteiger partial charge in [-0.25, -0.2) is 0 Å². The zero-order valence-corrected chi connectivity index (χ0v) is 14.4. The van der Waals surface area contributed by atoms with Crippen LogP contribution in [0.3, 0.4) is 0 Å². The van der Waals surface area contributed by atoms with E-state index in [1.165, 1.54) is 0 Å². The average molecular weight is 321 g/mol. The molecule has 0 radical (unpaired) electrons. The molecule has 1 aliphatic rings. The number of hydrogen-bond donors (Lipinski definition) is 2. The van der Waals surface area contributed by atoms with E-state index < -0.39 is 0 Å². The Labute approximate surface area is 138 Å². The van der Waals surface area contributed by atoms with Gasteiger partial charge in [0.2, 0.25) is 0 Å². The maximum Gasteiger partial charge on any atom is 0.293 e. The molecule has 23 heavy (non-hydrogen) atoms. The molecule has 3 N–H and O–H groups in total. The SMILES string of the molecule is CC(C)(C)OC=O.Cc1ccc(C(=O)N2CCNCC2)cc1N. The van der Waals surface area contributed by atoms with Crippen molar-refractivity contribution in [1.29, 1.82) is 0 Å². The zero-order valence-electron chi connectivity index (χ0n) is 14.4. The molecule has 0 bridgehead atoms. The molecule has 1 amide bonds. The molecule has 0 aromatic heterocycles. The molecule has 1 aliphatic heterocycles. The minimum atomic E-state index is -0.318. The van der Waals surface area contributed by atoms with Crippen LogP contribution in [0, 0.1) is 6.92 Å². The third-order valence-electron chi connectivity index (χ3n) is 3.33. The standard InChI is InChI=1S/C12H17N3O.C5H10O2/c1-9-2-3-10(8-11(9)13)12(16)15-6-4-14-5-7-15;1-5(2,3)7-4-6/h2-3,8,14H,4-7,13H2,1H3;4H,1-3H3. The Morgan fingerprint density at radius 3 is 2.35 bits per heavy atom. The van der Waals surface area contributed by atoms with E-state index in [1.807, 2.05) is 44.7 Å². The number of aryl methyl sites for hydroxylation is 1. The molecule has 1 heterocycles. The van der Waals surface area contributed by atoms with Gasteiger partial charge in [-0.2, -0.15) is 0 Å². The lowest BCUT2D eigenvalue weighted by atomic mass is 10.1. The monoisotopic (exact) mass is 321 g/mol. The number of piperazine rings is 1. The van der Waals surface area contributed by atoms with Gasteiger partial charge in [-0.3, -0.25) is 9.59 Å². The first-order valence-corrected chi connectivity index (χ1v) is 7.72. The molecule has 0 saturated carbocycles. The van der Waals surface area contributed by atoms with E-state index >= 15 is 0 Å².